The van der Waals surface area contributed by atoms with Gasteiger partial charge in [-0.1, -0.05) is 12.1 Å². The van der Waals surface area contributed by atoms with E-state index in [1.165, 1.54) is 6.07 Å². The van der Waals surface area contributed by atoms with E-state index in [0.29, 0.717) is 0 Å². The molecule has 0 atom stereocenters. The molecule has 0 spiro atoms. The van der Waals surface area contributed by atoms with Gasteiger partial charge in [-0.2, -0.15) is 0 Å². The van der Waals surface area contributed by atoms with Gasteiger partial charge in [0.05, 0.1) is 0 Å². The fourth-order valence-electron chi connectivity index (χ4n) is 1.35. The van der Waals surface area contributed by atoms with E-state index >= 15 is 0 Å². The smallest absolute Gasteiger partial charge is 0.334 e. The first-order valence-electron chi connectivity index (χ1n) is 4.94. The third-order valence-electron chi connectivity index (χ3n) is 2.62. The summed E-state index contributed by atoms with van der Waals surface area (Å²) in [6.07, 6.45) is 0.794. The molecule has 2 nitrogen and oxygen atoms in total. The molecule has 0 aliphatic rings. The van der Waals surface area contributed by atoms with Crippen LogP contribution in [0.25, 0.3) is 0 Å². The summed E-state index contributed by atoms with van der Waals surface area (Å²) in [6, 6.07) is 7.49. The van der Waals surface area contributed by atoms with Gasteiger partial charge in [0.2, 0.25) is 0 Å². The van der Waals surface area contributed by atoms with Crippen LogP contribution in [0.3, 0.4) is 0 Å². The van der Waals surface area contributed by atoms with Crippen LogP contribution >= 0.6 is 0 Å². The monoisotopic (exact) mass is 228 g/mol. The number of rotatable bonds is 5. The maximum atomic E-state index is 12.9. The minimum atomic E-state index is -2.02. The van der Waals surface area contributed by atoms with E-state index in [2.05, 4.69) is 0 Å². The van der Waals surface area contributed by atoms with Crippen LogP contribution in [0.4, 0.5) is 4.39 Å². The van der Waals surface area contributed by atoms with Gasteiger partial charge in [0.15, 0.2) is 0 Å². The summed E-state index contributed by atoms with van der Waals surface area (Å²) in [5.74, 6) is -0.189. The second-order valence-electron chi connectivity index (χ2n) is 3.67. The minimum Gasteiger partial charge on any atom is -0.398 e. The van der Waals surface area contributed by atoms with Crippen LogP contribution in [-0.4, -0.2) is 22.8 Å². The predicted molar refractivity (Wildman–Crippen MR) is 60.5 cm³/mol. The molecule has 0 saturated carbocycles. The first-order chi connectivity index (χ1) is 7.09. The van der Waals surface area contributed by atoms with Gasteiger partial charge < -0.3 is 8.85 Å². The molecule has 0 aromatic heterocycles. The zero-order valence-corrected chi connectivity index (χ0v) is 10.4. The number of hydrogen-bond donors (Lipinski definition) is 0. The molecule has 0 fully saturated rings. The molecule has 0 unspecified atom stereocenters. The molecule has 0 radical (unpaired) electrons. The van der Waals surface area contributed by atoms with Crippen molar-refractivity contribution in [3.63, 3.8) is 0 Å². The first-order valence-corrected chi connectivity index (χ1v) is 7.47. The van der Waals surface area contributed by atoms with Crippen molar-refractivity contribution >= 4 is 8.56 Å². The van der Waals surface area contributed by atoms with Crippen LogP contribution in [-0.2, 0) is 15.3 Å². The van der Waals surface area contributed by atoms with Crippen molar-refractivity contribution in [2.75, 3.05) is 14.2 Å². The molecule has 0 aliphatic carbocycles. The molecule has 0 N–H and O–H groups in total. The summed E-state index contributed by atoms with van der Waals surface area (Å²) in [6.45, 7) is 2.01. The standard InChI is InChI=1S/C11H17FO2Si/c1-13-15(3,14-2)8-7-10-5-4-6-11(12)9-10/h4-6,9H,7-8H2,1-3H3. The van der Waals surface area contributed by atoms with Gasteiger partial charge in [-0.25, -0.2) is 4.39 Å². The van der Waals surface area contributed by atoms with Crippen molar-refractivity contribution in [1.82, 2.24) is 0 Å². The van der Waals surface area contributed by atoms with E-state index < -0.39 is 8.56 Å². The van der Waals surface area contributed by atoms with E-state index in [1.807, 2.05) is 12.6 Å². The lowest BCUT2D eigenvalue weighted by Crippen LogP contribution is -2.36. The van der Waals surface area contributed by atoms with Gasteiger partial charge in [-0.05, 0) is 36.7 Å². The van der Waals surface area contributed by atoms with Crippen LogP contribution in [0.15, 0.2) is 24.3 Å². The molecule has 0 saturated heterocycles. The maximum Gasteiger partial charge on any atom is 0.334 e. The zero-order valence-electron chi connectivity index (χ0n) is 9.42. The van der Waals surface area contributed by atoms with Crippen LogP contribution in [0.1, 0.15) is 5.56 Å². The Morgan fingerprint density at radius 3 is 2.47 bits per heavy atom. The Hall–Kier alpha value is -0.713. The second-order valence-corrected chi connectivity index (χ2v) is 7.26. The zero-order chi connectivity index (χ0) is 11.3. The van der Waals surface area contributed by atoms with Gasteiger partial charge in [0.25, 0.3) is 0 Å². The van der Waals surface area contributed by atoms with Crippen molar-refractivity contribution in [1.29, 1.82) is 0 Å². The average Bonchev–Trinajstić information content (AvgIpc) is 2.26. The lowest BCUT2D eigenvalue weighted by molar-refractivity contribution is 0.249. The van der Waals surface area contributed by atoms with Crippen molar-refractivity contribution in [3.8, 4) is 0 Å². The molecular formula is C11H17FO2Si. The molecule has 15 heavy (non-hydrogen) atoms. The first kappa shape index (κ1) is 12.4. The number of hydrogen-bond acceptors (Lipinski definition) is 2. The average molecular weight is 228 g/mol. The van der Waals surface area contributed by atoms with E-state index in [0.717, 1.165) is 18.0 Å². The predicted octanol–water partition coefficient (Wildman–Crippen LogP) is 2.73. The summed E-state index contributed by atoms with van der Waals surface area (Å²) in [4.78, 5) is 0. The summed E-state index contributed by atoms with van der Waals surface area (Å²) in [5.41, 5.74) is 0.989. The van der Waals surface area contributed by atoms with Crippen molar-refractivity contribution in [3.05, 3.63) is 35.6 Å². The third kappa shape index (κ3) is 3.74. The van der Waals surface area contributed by atoms with E-state index in [-0.39, 0.29) is 5.82 Å². The van der Waals surface area contributed by atoms with Crippen molar-refractivity contribution in [2.45, 2.75) is 19.0 Å². The minimum absolute atomic E-state index is 0.189. The van der Waals surface area contributed by atoms with Crippen LogP contribution in [0.2, 0.25) is 12.6 Å². The highest BCUT2D eigenvalue weighted by molar-refractivity contribution is 6.65. The fourth-order valence-corrected chi connectivity index (χ4v) is 2.67. The van der Waals surface area contributed by atoms with Crippen LogP contribution in [0.5, 0.6) is 0 Å². The van der Waals surface area contributed by atoms with Crippen molar-refractivity contribution < 1.29 is 13.2 Å². The highest BCUT2D eigenvalue weighted by Gasteiger charge is 2.27. The summed E-state index contributed by atoms with van der Waals surface area (Å²) in [7, 11) is 1.32. The largest absolute Gasteiger partial charge is 0.398 e. The molecular weight excluding hydrogens is 211 g/mol. The molecule has 1 aromatic carbocycles. The summed E-state index contributed by atoms with van der Waals surface area (Å²) in [5, 5.41) is 0. The van der Waals surface area contributed by atoms with Gasteiger partial charge in [-0.3, -0.25) is 0 Å². The maximum absolute atomic E-state index is 12.9. The van der Waals surface area contributed by atoms with Gasteiger partial charge >= 0.3 is 8.56 Å². The fraction of sp³-hybridized carbons (Fsp3) is 0.455. The Morgan fingerprint density at radius 2 is 1.93 bits per heavy atom. The SMILES string of the molecule is CO[Si](C)(CCc1cccc(F)c1)OC. The third-order valence-corrected chi connectivity index (χ3v) is 5.51. The second kappa shape index (κ2) is 5.39. The number of benzene rings is 1. The molecule has 0 heterocycles. The lowest BCUT2D eigenvalue weighted by Gasteiger charge is -2.22. The molecule has 0 bridgehead atoms. The van der Waals surface area contributed by atoms with E-state index in [4.69, 9.17) is 8.85 Å². The van der Waals surface area contributed by atoms with E-state index in [9.17, 15) is 4.39 Å². The molecule has 84 valence electrons. The highest BCUT2D eigenvalue weighted by atomic mass is 28.4. The van der Waals surface area contributed by atoms with Crippen LogP contribution < -0.4 is 0 Å². The topological polar surface area (TPSA) is 18.5 Å². The normalized spacial score (nSPS) is 11.7. The quantitative estimate of drug-likeness (QED) is 0.721. The molecule has 4 heteroatoms. The Bertz CT molecular complexity index is 313. The summed E-state index contributed by atoms with van der Waals surface area (Å²) < 4.78 is 23.6. The molecule has 1 aromatic rings. The van der Waals surface area contributed by atoms with Gasteiger partial charge in [0.1, 0.15) is 5.82 Å². The number of aryl methyl sites for hydroxylation is 1. The highest BCUT2D eigenvalue weighted by Crippen LogP contribution is 2.16. The lowest BCUT2D eigenvalue weighted by atomic mass is 10.2. The Balaban J connectivity index is 2.56. The van der Waals surface area contributed by atoms with Gasteiger partial charge in [-0.15, -0.1) is 0 Å². The van der Waals surface area contributed by atoms with Crippen LogP contribution in [0, 0.1) is 5.82 Å². The molecule has 1 rings (SSSR count). The Morgan fingerprint density at radius 1 is 1.27 bits per heavy atom. The Labute approximate surface area is 91.3 Å². The molecule has 0 amide bonds. The van der Waals surface area contributed by atoms with Crippen molar-refractivity contribution in [2.24, 2.45) is 0 Å². The Kier molecular flexibility index (Phi) is 4.44. The van der Waals surface area contributed by atoms with Gasteiger partial charge in [0, 0.05) is 14.2 Å². The molecule has 0 aliphatic heterocycles. The number of halogens is 1. The summed E-state index contributed by atoms with van der Waals surface area (Å²) >= 11 is 0. The van der Waals surface area contributed by atoms with E-state index in [1.54, 1.807) is 26.4 Å².